The molecule has 0 bridgehead atoms. The second-order valence-electron chi connectivity index (χ2n) is 7.05. The number of amides is 2. The fraction of sp³-hybridized carbons (Fsp3) is 0.227. The van der Waals surface area contributed by atoms with Crippen molar-refractivity contribution in [3.05, 3.63) is 69.8 Å². The Kier molecular flexibility index (Phi) is 5.59. The standard InChI is InChI=1S/C22H21BrN4O3/c1-24-19(28)12-27(11-14-6-4-3-5-7-14)22(29)20-17-13-30-18-9-8-15(23)10-16(18)21(17)26(2)25-20/h3-10H,11-13H2,1-2H3,(H,24,28). The van der Waals surface area contributed by atoms with Crippen LogP contribution in [0, 0.1) is 0 Å². The minimum atomic E-state index is -0.304. The lowest BCUT2D eigenvalue weighted by molar-refractivity contribution is -0.121. The molecule has 1 N–H and O–H groups in total. The number of hydrogen-bond acceptors (Lipinski definition) is 4. The third-order valence-corrected chi connectivity index (χ3v) is 5.53. The Balaban J connectivity index is 1.72. The van der Waals surface area contributed by atoms with Crippen molar-refractivity contribution in [1.29, 1.82) is 0 Å². The number of fused-ring (bicyclic) bond motifs is 3. The van der Waals surface area contributed by atoms with E-state index in [4.69, 9.17) is 4.74 Å². The number of carbonyl (C=O) groups is 2. The molecule has 0 spiro atoms. The van der Waals surface area contributed by atoms with Crippen LogP contribution in [0.25, 0.3) is 11.3 Å². The summed E-state index contributed by atoms with van der Waals surface area (Å²) in [5, 5.41) is 7.10. The first-order valence-electron chi connectivity index (χ1n) is 9.50. The summed E-state index contributed by atoms with van der Waals surface area (Å²) in [6, 6.07) is 15.3. The molecular weight excluding hydrogens is 448 g/mol. The smallest absolute Gasteiger partial charge is 0.275 e. The Bertz CT molecular complexity index is 1110. The molecule has 0 radical (unpaired) electrons. The summed E-state index contributed by atoms with van der Waals surface area (Å²) >= 11 is 3.49. The van der Waals surface area contributed by atoms with Crippen molar-refractivity contribution in [3.63, 3.8) is 0 Å². The van der Waals surface area contributed by atoms with Crippen molar-refractivity contribution < 1.29 is 14.3 Å². The molecule has 0 saturated heterocycles. The van der Waals surface area contributed by atoms with Gasteiger partial charge in [0.1, 0.15) is 18.9 Å². The van der Waals surface area contributed by atoms with Crippen molar-refractivity contribution in [2.45, 2.75) is 13.2 Å². The van der Waals surface area contributed by atoms with Gasteiger partial charge in [0.25, 0.3) is 5.91 Å². The predicted molar refractivity (Wildman–Crippen MR) is 116 cm³/mol. The van der Waals surface area contributed by atoms with Crippen molar-refractivity contribution in [2.75, 3.05) is 13.6 Å². The number of nitrogens with zero attached hydrogens (tertiary/aromatic N) is 3. The van der Waals surface area contributed by atoms with E-state index >= 15 is 0 Å². The zero-order valence-electron chi connectivity index (χ0n) is 16.7. The van der Waals surface area contributed by atoms with E-state index in [2.05, 4.69) is 26.3 Å². The van der Waals surface area contributed by atoms with Crippen LogP contribution in [0.4, 0.5) is 0 Å². The summed E-state index contributed by atoms with van der Waals surface area (Å²) in [5.74, 6) is 0.204. The van der Waals surface area contributed by atoms with Gasteiger partial charge in [-0.1, -0.05) is 46.3 Å². The molecule has 0 atom stereocenters. The zero-order valence-corrected chi connectivity index (χ0v) is 18.3. The number of aryl methyl sites for hydroxylation is 1. The fourth-order valence-electron chi connectivity index (χ4n) is 3.58. The average Bonchev–Trinajstić information content (AvgIpc) is 3.10. The van der Waals surface area contributed by atoms with E-state index in [0.717, 1.165) is 32.6 Å². The third kappa shape index (κ3) is 3.82. The maximum absolute atomic E-state index is 13.5. The van der Waals surface area contributed by atoms with Gasteiger partial charge in [0.05, 0.1) is 5.69 Å². The molecule has 3 aromatic rings. The van der Waals surface area contributed by atoms with Gasteiger partial charge in [-0.15, -0.1) is 0 Å². The van der Waals surface area contributed by atoms with Gasteiger partial charge in [0, 0.05) is 36.2 Å². The first kappa shape index (κ1) is 20.2. The van der Waals surface area contributed by atoms with Crippen LogP contribution >= 0.6 is 15.9 Å². The number of likely N-dealkylation sites (N-methyl/N-ethyl adjacent to an activating group) is 1. The summed E-state index contributed by atoms with van der Waals surface area (Å²) in [5.41, 5.74) is 3.69. The SMILES string of the molecule is CNC(=O)CN(Cc1ccccc1)C(=O)c1nn(C)c2c1COc1ccc(Br)cc1-2. The van der Waals surface area contributed by atoms with Crippen molar-refractivity contribution in [2.24, 2.45) is 7.05 Å². The maximum atomic E-state index is 13.5. The topological polar surface area (TPSA) is 76.5 Å². The summed E-state index contributed by atoms with van der Waals surface area (Å²) < 4.78 is 8.50. The number of halogens is 1. The molecule has 0 aliphatic carbocycles. The van der Waals surface area contributed by atoms with Gasteiger partial charge in [0.15, 0.2) is 5.69 Å². The van der Waals surface area contributed by atoms with E-state index in [1.807, 2.05) is 55.6 Å². The van der Waals surface area contributed by atoms with Crippen LogP contribution in [0.2, 0.25) is 0 Å². The van der Waals surface area contributed by atoms with Gasteiger partial charge < -0.3 is 15.0 Å². The van der Waals surface area contributed by atoms with Gasteiger partial charge in [-0.2, -0.15) is 5.10 Å². The quantitative estimate of drug-likeness (QED) is 0.623. The summed E-state index contributed by atoms with van der Waals surface area (Å²) in [6.45, 7) is 0.498. The van der Waals surface area contributed by atoms with E-state index in [9.17, 15) is 9.59 Å². The molecule has 1 aliphatic heterocycles. The van der Waals surface area contributed by atoms with Gasteiger partial charge in [-0.25, -0.2) is 0 Å². The molecule has 154 valence electrons. The lowest BCUT2D eigenvalue weighted by Gasteiger charge is -2.23. The molecule has 1 aromatic heterocycles. The van der Waals surface area contributed by atoms with Crippen molar-refractivity contribution in [1.82, 2.24) is 20.0 Å². The minimum Gasteiger partial charge on any atom is -0.488 e. The molecule has 30 heavy (non-hydrogen) atoms. The minimum absolute atomic E-state index is 0.0570. The fourth-order valence-corrected chi connectivity index (χ4v) is 3.94. The van der Waals surface area contributed by atoms with Gasteiger partial charge in [0.2, 0.25) is 5.91 Å². The highest BCUT2D eigenvalue weighted by Crippen LogP contribution is 2.40. The number of carbonyl (C=O) groups excluding carboxylic acids is 2. The molecule has 2 aromatic carbocycles. The highest BCUT2D eigenvalue weighted by Gasteiger charge is 2.31. The monoisotopic (exact) mass is 468 g/mol. The Labute approximate surface area is 182 Å². The van der Waals surface area contributed by atoms with Gasteiger partial charge in [-0.3, -0.25) is 14.3 Å². The molecule has 8 heteroatoms. The highest BCUT2D eigenvalue weighted by molar-refractivity contribution is 9.10. The number of nitrogens with one attached hydrogen (secondary N) is 1. The number of rotatable bonds is 5. The highest BCUT2D eigenvalue weighted by atomic mass is 79.9. The maximum Gasteiger partial charge on any atom is 0.275 e. The summed E-state index contributed by atoms with van der Waals surface area (Å²) in [4.78, 5) is 27.1. The van der Waals surface area contributed by atoms with Crippen molar-refractivity contribution in [3.8, 4) is 17.0 Å². The molecular formula is C22H21BrN4O3. The average molecular weight is 469 g/mol. The van der Waals surface area contributed by atoms with Crippen LogP contribution in [0.3, 0.4) is 0 Å². The van der Waals surface area contributed by atoms with E-state index in [-0.39, 0.29) is 25.0 Å². The van der Waals surface area contributed by atoms with Crippen LogP contribution in [-0.4, -0.2) is 40.1 Å². The number of hydrogen-bond donors (Lipinski definition) is 1. The van der Waals surface area contributed by atoms with Gasteiger partial charge in [-0.05, 0) is 23.8 Å². The van der Waals surface area contributed by atoms with Crippen LogP contribution < -0.4 is 10.1 Å². The van der Waals surface area contributed by atoms with E-state index in [1.54, 1.807) is 11.7 Å². The van der Waals surface area contributed by atoms with Gasteiger partial charge >= 0.3 is 0 Å². The summed E-state index contributed by atoms with van der Waals surface area (Å²) in [7, 11) is 3.37. The molecule has 0 fully saturated rings. The normalized spacial score (nSPS) is 11.8. The van der Waals surface area contributed by atoms with Crippen LogP contribution in [-0.2, 0) is 25.0 Å². The number of ether oxygens (including phenoxy) is 1. The Morgan fingerprint density at radius 2 is 2.00 bits per heavy atom. The zero-order chi connectivity index (χ0) is 21.3. The second-order valence-corrected chi connectivity index (χ2v) is 7.96. The van der Waals surface area contributed by atoms with Crippen LogP contribution in [0.1, 0.15) is 21.6 Å². The van der Waals surface area contributed by atoms with E-state index in [0.29, 0.717) is 12.2 Å². The molecule has 7 nitrogen and oxygen atoms in total. The molecule has 2 amide bonds. The number of benzene rings is 2. The second kappa shape index (κ2) is 8.31. The lowest BCUT2D eigenvalue weighted by atomic mass is 10.0. The van der Waals surface area contributed by atoms with Crippen LogP contribution in [0.5, 0.6) is 5.75 Å². The predicted octanol–water partition coefficient (Wildman–Crippen LogP) is 3.13. The molecule has 4 rings (SSSR count). The Morgan fingerprint density at radius 3 is 2.73 bits per heavy atom. The Hall–Kier alpha value is -3.13. The largest absolute Gasteiger partial charge is 0.488 e. The molecule has 0 saturated carbocycles. The summed E-state index contributed by atoms with van der Waals surface area (Å²) in [6.07, 6.45) is 0. The third-order valence-electron chi connectivity index (χ3n) is 5.03. The molecule has 2 heterocycles. The number of aromatic nitrogens is 2. The van der Waals surface area contributed by atoms with E-state index < -0.39 is 0 Å². The first-order valence-corrected chi connectivity index (χ1v) is 10.3. The van der Waals surface area contributed by atoms with Crippen molar-refractivity contribution >= 4 is 27.7 Å². The van der Waals surface area contributed by atoms with E-state index in [1.165, 1.54) is 4.90 Å². The first-order chi connectivity index (χ1) is 14.5. The molecule has 1 aliphatic rings. The molecule has 0 unspecified atom stereocenters. The lowest BCUT2D eigenvalue weighted by Crippen LogP contribution is -2.39. The Morgan fingerprint density at radius 1 is 1.23 bits per heavy atom. The van der Waals surface area contributed by atoms with Crippen LogP contribution in [0.15, 0.2) is 53.0 Å².